The van der Waals surface area contributed by atoms with Crippen LogP contribution in [0.25, 0.3) is 0 Å². The maximum Gasteiger partial charge on any atom is 0.126 e. The number of nitrogens with one attached hydrogen (secondary N) is 1. The van der Waals surface area contributed by atoms with Crippen molar-refractivity contribution in [2.24, 2.45) is 5.84 Å². The van der Waals surface area contributed by atoms with E-state index in [4.69, 9.17) is 17.4 Å². The summed E-state index contributed by atoms with van der Waals surface area (Å²) in [7, 11) is 0. The molecular weight excluding hydrogens is 282 g/mol. The predicted molar refractivity (Wildman–Crippen MR) is 76.3 cm³/mol. The van der Waals surface area contributed by atoms with Crippen molar-refractivity contribution in [3.63, 3.8) is 0 Å². The standard InChI is InChI=1S/C15H15ClF2N2/c16-14-6-5-12(17)7-11(14)9-13(20-19)8-10-3-1-2-4-15(10)18/h1-7,13,20H,8-9,19H2. The Balaban J connectivity index is 2.13. The fourth-order valence-electron chi connectivity index (χ4n) is 2.08. The molecule has 106 valence electrons. The highest BCUT2D eigenvalue weighted by Crippen LogP contribution is 2.20. The van der Waals surface area contributed by atoms with Crippen LogP contribution in [0.5, 0.6) is 0 Å². The fraction of sp³-hybridized carbons (Fsp3) is 0.200. The number of hydrazine groups is 1. The molecule has 0 aliphatic rings. The second kappa shape index (κ2) is 6.79. The summed E-state index contributed by atoms with van der Waals surface area (Å²) in [5.74, 6) is 4.86. The summed E-state index contributed by atoms with van der Waals surface area (Å²) in [5.41, 5.74) is 3.83. The van der Waals surface area contributed by atoms with E-state index in [1.165, 1.54) is 24.3 Å². The number of halogens is 3. The number of nitrogens with two attached hydrogens (primary N) is 1. The van der Waals surface area contributed by atoms with Gasteiger partial charge in [0.25, 0.3) is 0 Å². The maximum absolute atomic E-state index is 13.6. The first-order valence-electron chi connectivity index (χ1n) is 6.23. The highest BCUT2D eigenvalue weighted by Gasteiger charge is 2.13. The second-order valence-electron chi connectivity index (χ2n) is 4.60. The molecule has 2 aromatic carbocycles. The van der Waals surface area contributed by atoms with Gasteiger partial charge in [0.1, 0.15) is 11.6 Å². The van der Waals surface area contributed by atoms with E-state index < -0.39 is 0 Å². The zero-order valence-electron chi connectivity index (χ0n) is 10.7. The minimum absolute atomic E-state index is 0.230. The molecule has 2 rings (SSSR count). The summed E-state index contributed by atoms with van der Waals surface area (Å²) in [6, 6.07) is 10.4. The van der Waals surface area contributed by atoms with Crippen LogP contribution < -0.4 is 11.3 Å². The van der Waals surface area contributed by atoms with Crippen molar-refractivity contribution in [2.45, 2.75) is 18.9 Å². The molecule has 2 nitrogen and oxygen atoms in total. The van der Waals surface area contributed by atoms with Gasteiger partial charge in [0, 0.05) is 11.1 Å². The Hall–Kier alpha value is -1.49. The van der Waals surface area contributed by atoms with E-state index in [0.717, 1.165) is 0 Å². The van der Waals surface area contributed by atoms with Gasteiger partial charge in [0.05, 0.1) is 0 Å². The van der Waals surface area contributed by atoms with E-state index in [1.54, 1.807) is 18.2 Å². The monoisotopic (exact) mass is 296 g/mol. The van der Waals surface area contributed by atoms with Crippen LogP contribution in [-0.4, -0.2) is 6.04 Å². The molecule has 0 amide bonds. The quantitative estimate of drug-likeness (QED) is 0.657. The van der Waals surface area contributed by atoms with Gasteiger partial charge >= 0.3 is 0 Å². The lowest BCUT2D eigenvalue weighted by Crippen LogP contribution is -2.38. The van der Waals surface area contributed by atoms with Gasteiger partial charge in [-0.25, -0.2) is 8.78 Å². The molecule has 20 heavy (non-hydrogen) atoms. The Labute approximate surface area is 121 Å². The Kier molecular flexibility index (Phi) is 5.06. The number of benzene rings is 2. The second-order valence-corrected chi connectivity index (χ2v) is 5.01. The summed E-state index contributed by atoms with van der Waals surface area (Å²) in [6.07, 6.45) is 0.817. The molecule has 0 radical (unpaired) electrons. The average Bonchev–Trinajstić information content (AvgIpc) is 2.44. The van der Waals surface area contributed by atoms with Crippen molar-refractivity contribution in [3.05, 3.63) is 70.2 Å². The molecule has 0 bridgehead atoms. The molecule has 0 spiro atoms. The lowest BCUT2D eigenvalue weighted by atomic mass is 9.99. The van der Waals surface area contributed by atoms with E-state index in [9.17, 15) is 8.78 Å². The predicted octanol–water partition coefficient (Wildman–Crippen LogP) is 3.24. The van der Waals surface area contributed by atoms with Gasteiger partial charge in [-0.15, -0.1) is 0 Å². The van der Waals surface area contributed by atoms with Crippen molar-refractivity contribution < 1.29 is 8.78 Å². The van der Waals surface area contributed by atoms with Gasteiger partial charge in [-0.2, -0.15) is 0 Å². The van der Waals surface area contributed by atoms with Crippen molar-refractivity contribution in [1.29, 1.82) is 0 Å². The van der Waals surface area contributed by atoms with Crippen LogP contribution in [0.2, 0.25) is 5.02 Å². The molecule has 0 saturated carbocycles. The van der Waals surface area contributed by atoms with Crippen molar-refractivity contribution in [3.8, 4) is 0 Å². The first kappa shape index (κ1) is 14.9. The lowest BCUT2D eigenvalue weighted by Gasteiger charge is -2.17. The summed E-state index contributed by atoms with van der Waals surface area (Å²) < 4.78 is 26.8. The van der Waals surface area contributed by atoms with E-state index in [0.29, 0.717) is 29.0 Å². The number of rotatable bonds is 5. The minimum atomic E-state index is -0.355. The molecule has 0 fully saturated rings. The zero-order valence-corrected chi connectivity index (χ0v) is 11.5. The third kappa shape index (κ3) is 3.76. The van der Waals surface area contributed by atoms with Crippen molar-refractivity contribution in [2.75, 3.05) is 0 Å². The smallest absolute Gasteiger partial charge is 0.126 e. The third-order valence-electron chi connectivity index (χ3n) is 3.13. The highest BCUT2D eigenvalue weighted by atomic mass is 35.5. The number of hydrogen-bond acceptors (Lipinski definition) is 2. The highest BCUT2D eigenvalue weighted by molar-refractivity contribution is 6.31. The van der Waals surface area contributed by atoms with E-state index >= 15 is 0 Å². The van der Waals surface area contributed by atoms with Crippen LogP contribution in [0.4, 0.5) is 8.78 Å². The third-order valence-corrected chi connectivity index (χ3v) is 3.50. The van der Waals surface area contributed by atoms with Gasteiger partial charge < -0.3 is 0 Å². The maximum atomic E-state index is 13.6. The van der Waals surface area contributed by atoms with Crippen LogP contribution >= 0.6 is 11.6 Å². The molecule has 1 atom stereocenters. The average molecular weight is 297 g/mol. The molecule has 0 saturated heterocycles. The first-order valence-corrected chi connectivity index (χ1v) is 6.61. The molecule has 0 aliphatic carbocycles. The van der Waals surface area contributed by atoms with Crippen LogP contribution in [0, 0.1) is 11.6 Å². The van der Waals surface area contributed by atoms with Gasteiger partial charge in [0.15, 0.2) is 0 Å². The summed E-state index contributed by atoms with van der Waals surface area (Å²) in [4.78, 5) is 0. The molecule has 0 heterocycles. The molecule has 2 aromatic rings. The molecule has 5 heteroatoms. The number of hydrogen-bond donors (Lipinski definition) is 2. The summed E-state index contributed by atoms with van der Waals surface area (Å²) in [6.45, 7) is 0. The Bertz CT molecular complexity index is 590. The Morgan fingerprint density at radius 1 is 1.05 bits per heavy atom. The molecule has 0 aromatic heterocycles. The Morgan fingerprint density at radius 3 is 2.45 bits per heavy atom. The minimum Gasteiger partial charge on any atom is -0.271 e. The topological polar surface area (TPSA) is 38.0 Å². The zero-order chi connectivity index (χ0) is 14.5. The van der Waals surface area contributed by atoms with Gasteiger partial charge in [0.2, 0.25) is 0 Å². The van der Waals surface area contributed by atoms with E-state index in [2.05, 4.69) is 5.43 Å². The first-order chi connectivity index (χ1) is 9.60. The van der Waals surface area contributed by atoms with Gasteiger partial charge in [-0.05, 0) is 48.2 Å². The van der Waals surface area contributed by atoms with Crippen LogP contribution in [-0.2, 0) is 12.8 Å². The van der Waals surface area contributed by atoms with E-state index in [1.807, 2.05) is 0 Å². The SMILES string of the molecule is NNC(Cc1ccccc1F)Cc1cc(F)ccc1Cl. The van der Waals surface area contributed by atoms with Gasteiger partial charge in [-0.1, -0.05) is 29.8 Å². The molecular formula is C15H15ClF2N2. The van der Waals surface area contributed by atoms with Gasteiger partial charge in [-0.3, -0.25) is 11.3 Å². The molecule has 3 N–H and O–H groups in total. The normalized spacial score (nSPS) is 12.4. The molecule has 0 aliphatic heterocycles. The van der Waals surface area contributed by atoms with Crippen molar-refractivity contribution in [1.82, 2.24) is 5.43 Å². The fourth-order valence-corrected chi connectivity index (χ4v) is 2.28. The lowest BCUT2D eigenvalue weighted by molar-refractivity contribution is 0.505. The van der Waals surface area contributed by atoms with Crippen LogP contribution in [0.1, 0.15) is 11.1 Å². The molecule has 1 unspecified atom stereocenters. The largest absolute Gasteiger partial charge is 0.271 e. The Morgan fingerprint density at radius 2 is 1.75 bits per heavy atom. The van der Waals surface area contributed by atoms with Crippen LogP contribution in [0.3, 0.4) is 0 Å². The van der Waals surface area contributed by atoms with Crippen molar-refractivity contribution >= 4 is 11.6 Å². The summed E-state index contributed by atoms with van der Waals surface area (Å²) >= 11 is 6.02. The van der Waals surface area contributed by atoms with E-state index in [-0.39, 0.29) is 17.7 Å². The summed E-state index contributed by atoms with van der Waals surface area (Å²) in [5, 5.41) is 0.472. The van der Waals surface area contributed by atoms with Crippen LogP contribution in [0.15, 0.2) is 42.5 Å².